The monoisotopic (exact) mass is 343 g/mol. The highest BCUT2D eigenvalue weighted by Gasteiger charge is 2.28. The van der Waals surface area contributed by atoms with E-state index >= 15 is 0 Å². The molecule has 1 atom stereocenters. The van der Waals surface area contributed by atoms with Crippen LogP contribution in [-0.4, -0.2) is 12.6 Å². The Morgan fingerprint density at radius 2 is 1.67 bits per heavy atom. The Bertz CT molecular complexity index is 583. The molecular weight excluding hydrogens is 322 g/mol. The number of fused-ring (bicyclic) bond motifs is 1. The lowest BCUT2D eigenvalue weighted by Gasteiger charge is -2.25. The van der Waals surface area contributed by atoms with Crippen molar-refractivity contribution in [1.82, 2.24) is 5.32 Å². The fourth-order valence-corrected chi connectivity index (χ4v) is 3.89. The number of benzene rings is 2. The largest absolute Gasteiger partial charge is 0.314 e. The average molecular weight is 344 g/mol. The van der Waals surface area contributed by atoms with Crippen molar-refractivity contribution in [2.45, 2.75) is 32.2 Å². The highest BCUT2D eigenvalue weighted by atomic mass is 79.9. The first kappa shape index (κ1) is 14.8. The van der Waals surface area contributed by atoms with E-state index in [1.165, 1.54) is 34.0 Å². The molecule has 0 heterocycles. The van der Waals surface area contributed by atoms with Crippen molar-refractivity contribution in [2.24, 2.45) is 5.92 Å². The van der Waals surface area contributed by atoms with Gasteiger partial charge in [0.25, 0.3) is 0 Å². The van der Waals surface area contributed by atoms with Gasteiger partial charge in [-0.05, 0) is 54.5 Å². The van der Waals surface area contributed by atoms with Crippen molar-refractivity contribution < 1.29 is 0 Å². The first-order chi connectivity index (χ1) is 10.3. The minimum absolute atomic E-state index is 0.543. The molecule has 0 amide bonds. The smallest absolute Gasteiger partial charge is 0.0207 e. The molecule has 2 heteroatoms. The summed E-state index contributed by atoms with van der Waals surface area (Å²) in [6, 6.07) is 18.0. The van der Waals surface area contributed by atoms with Crippen LogP contribution >= 0.6 is 15.9 Å². The number of nitrogens with one attached hydrogen (secondary N) is 1. The van der Waals surface area contributed by atoms with Crippen molar-refractivity contribution in [1.29, 1.82) is 0 Å². The van der Waals surface area contributed by atoms with Crippen LogP contribution in [-0.2, 0) is 19.3 Å². The Labute approximate surface area is 135 Å². The van der Waals surface area contributed by atoms with Gasteiger partial charge in [0.2, 0.25) is 0 Å². The van der Waals surface area contributed by atoms with Gasteiger partial charge in [0.15, 0.2) is 0 Å². The normalized spacial score (nSPS) is 15.9. The molecule has 0 bridgehead atoms. The Hall–Kier alpha value is -1.12. The fraction of sp³-hybridized carbons (Fsp3) is 0.368. The summed E-state index contributed by atoms with van der Waals surface area (Å²) in [7, 11) is 0. The van der Waals surface area contributed by atoms with Gasteiger partial charge < -0.3 is 5.32 Å². The number of halogens is 1. The number of rotatable bonds is 5. The zero-order valence-corrected chi connectivity index (χ0v) is 14.1. The van der Waals surface area contributed by atoms with Crippen LogP contribution in [0.2, 0.25) is 0 Å². The maximum absolute atomic E-state index is 3.71. The second-order valence-electron chi connectivity index (χ2n) is 5.90. The third-order valence-corrected chi connectivity index (χ3v) is 5.29. The molecule has 0 fully saturated rings. The third kappa shape index (κ3) is 3.38. The van der Waals surface area contributed by atoms with Crippen LogP contribution in [0.4, 0.5) is 0 Å². The maximum atomic E-state index is 3.71. The zero-order valence-electron chi connectivity index (χ0n) is 12.5. The lowest BCUT2D eigenvalue weighted by Crippen LogP contribution is -2.38. The van der Waals surface area contributed by atoms with Crippen molar-refractivity contribution >= 4 is 15.9 Å². The lowest BCUT2D eigenvalue weighted by atomic mass is 9.91. The molecule has 2 aromatic carbocycles. The van der Waals surface area contributed by atoms with E-state index in [9.17, 15) is 0 Å². The van der Waals surface area contributed by atoms with E-state index in [0.717, 1.165) is 13.0 Å². The molecular formula is C19H22BrN. The van der Waals surface area contributed by atoms with Crippen LogP contribution < -0.4 is 5.32 Å². The minimum Gasteiger partial charge on any atom is -0.314 e. The first-order valence-electron chi connectivity index (χ1n) is 7.81. The van der Waals surface area contributed by atoms with Gasteiger partial charge >= 0.3 is 0 Å². The van der Waals surface area contributed by atoms with Crippen LogP contribution in [0.1, 0.15) is 23.6 Å². The van der Waals surface area contributed by atoms with Gasteiger partial charge in [-0.25, -0.2) is 0 Å². The van der Waals surface area contributed by atoms with E-state index in [0.29, 0.717) is 12.0 Å². The van der Waals surface area contributed by atoms with E-state index < -0.39 is 0 Å². The Morgan fingerprint density at radius 1 is 1.05 bits per heavy atom. The molecule has 1 nitrogen and oxygen atoms in total. The van der Waals surface area contributed by atoms with Gasteiger partial charge in [0.1, 0.15) is 0 Å². The second-order valence-corrected chi connectivity index (χ2v) is 6.75. The third-order valence-electron chi connectivity index (χ3n) is 4.52. The highest BCUT2D eigenvalue weighted by molar-refractivity contribution is 9.10. The molecule has 1 aliphatic rings. The van der Waals surface area contributed by atoms with Gasteiger partial charge in [-0.1, -0.05) is 65.3 Å². The second kappa shape index (κ2) is 6.76. The number of likely N-dealkylation sites (N-methyl/N-ethyl adjacent to an activating group) is 1. The summed E-state index contributed by atoms with van der Waals surface area (Å²) in [4.78, 5) is 0. The van der Waals surface area contributed by atoms with Crippen molar-refractivity contribution in [3.8, 4) is 0 Å². The summed E-state index contributed by atoms with van der Waals surface area (Å²) >= 11 is 3.68. The molecule has 1 N–H and O–H groups in total. The number of hydrogen-bond donors (Lipinski definition) is 1. The predicted molar refractivity (Wildman–Crippen MR) is 92.7 cm³/mol. The summed E-state index contributed by atoms with van der Waals surface area (Å²) in [5.74, 6) is 0.703. The summed E-state index contributed by atoms with van der Waals surface area (Å²) < 4.78 is 1.23. The summed E-state index contributed by atoms with van der Waals surface area (Å²) in [5.41, 5.74) is 4.48. The first-order valence-corrected chi connectivity index (χ1v) is 8.60. The lowest BCUT2D eigenvalue weighted by molar-refractivity contribution is 0.367. The average Bonchev–Trinajstić information content (AvgIpc) is 2.93. The molecule has 0 spiro atoms. The summed E-state index contributed by atoms with van der Waals surface area (Å²) in [6.07, 6.45) is 3.50. The van der Waals surface area contributed by atoms with E-state index in [4.69, 9.17) is 0 Å². The van der Waals surface area contributed by atoms with Gasteiger partial charge in [0, 0.05) is 10.5 Å². The van der Waals surface area contributed by atoms with Crippen LogP contribution in [0, 0.1) is 5.92 Å². The minimum atomic E-state index is 0.543. The SMILES string of the molecule is CCNC(Cc1ccccc1Br)C1Cc2ccccc2C1. The number of hydrogen-bond acceptors (Lipinski definition) is 1. The molecule has 21 heavy (non-hydrogen) atoms. The quantitative estimate of drug-likeness (QED) is 0.849. The molecule has 1 aliphatic carbocycles. The summed E-state index contributed by atoms with van der Waals surface area (Å²) in [5, 5.41) is 3.71. The van der Waals surface area contributed by atoms with Crippen molar-refractivity contribution in [2.75, 3.05) is 6.54 Å². The van der Waals surface area contributed by atoms with Crippen molar-refractivity contribution in [3.63, 3.8) is 0 Å². The van der Waals surface area contributed by atoms with E-state index in [2.05, 4.69) is 76.7 Å². The van der Waals surface area contributed by atoms with E-state index in [1.54, 1.807) is 0 Å². The Morgan fingerprint density at radius 3 is 2.29 bits per heavy atom. The fourth-order valence-electron chi connectivity index (χ4n) is 3.45. The Kier molecular flexibility index (Phi) is 4.77. The van der Waals surface area contributed by atoms with Crippen molar-refractivity contribution in [3.05, 3.63) is 69.7 Å². The molecule has 2 aromatic rings. The molecule has 110 valence electrons. The molecule has 3 rings (SSSR count). The van der Waals surface area contributed by atoms with Gasteiger partial charge in [0.05, 0.1) is 0 Å². The molecule has 0 saturated heterocycles. The van der Waals surface area contributed by atoms with Gasteiger partial charge in [-0.3, -0.25) is 0 Å². The maximum Gasteiger partial charge on any atom is 0.0207 e. The van der Waals surface area contributed by atoms with Gasteiger partial charge in [-0.15, -0.1) is 0 Å². The highest BCUT2D eigenvalue weighted by Crippen LogP contribution is 2.30. The molecule has 0 aliphatic heterocycles. The standard InChI is InChI=1S/C19H22BrN/c1-2-21-19(13-16-9-5-6-10-18(16)20)17-11-14-7-3-4-8-15(14)12-17/h3-10,17,19,21H,2,11-13H2,1H3. The summed E-state index contributed by atoms with van der Waals surface area (Å²) in [6.45, 7) is 3.23. The van der Waals surface area contributed by atoms with Crippen LogP contribution in [0.15, 0.2) is 53.0 Å². The molecule has 0 radical (unpaired) electrons. The Balaban J connectivity index is 1.76. The van der Waals surface area contributed by atoms with Gasteiger partial charge in [-0.2, -0.15) is 0 Å². The van der Waals surface area contributed by atoms with E-state index in [-0.39, 0.29) is 0 Å². The molecule has 1 unspecified atom stereocenters. The van der Waals surface area contributed by atoms with Crippen LogP contribution in [0.25, 0.3) is 0 Å². The predicted octanol–water partition coefficient (Wildman–Crippen LogP) is 4.38. The van der Waals surface area contributed by atoms with Crippen LogP contribution in [0.5, 0.6) is 0 Å². The topological polar surface area (TPSA) is 12.0 Å². The zero-order chi connectivity index (χ0) is 14.7. The molecule has 0 saturated carbocycles. The van der Waals surface area contributed by atoms with Crippen LogP contribution in [0.3, 0.4) is 0 Å². The molecule has 0 aromatic heterocycles. The van der Waals surface area contributed by atoms with E-state index in [1.807, 2.05) is 0 Å².